The van der Waals surface area contributed by atoms with Crippen molar-refractivity contribution in [1.29, 1.82) is 0 Å². The van der Waals surface area contributed by atoms with Crippen LogP contribution in [0.3, 0.4) is 0 Å². The minimum atomic E-state index is -3.69. The Kier molecular flexibility index (Phi) is 5.90. The van der Waals surface area contributed by atoms with Gasteiger partial charge in [-0.1, -0.05) is 0 Å². The first-order valence-electron chi connectivity index (χ1n) is 10.1. The highest BCUT2D eigenvalue weighted by atomic mass is 32.2. The van der Waals surface area contributed by atoms with Crippen molar-refractivity contribution in [3.05, 3.63) is 27.8 Å². The van der Waals surface area contributed by atoms with Crippen LogP contribution < -0.4 is 4.72 Å². The largest absolute Gasteiger partial charge is 0.393 e. The Labute approximate surface area is 168 Å². The molecule has 2 N–H and O–H groups in total. The molecule has 3 rings (SSSR count). The zero-order valence-corrected chi connectivity index (χ0v) is 18.3. The van der Waals surface area contributed by atoms with Gasteiger partial charge in [0.15, 0.2) is 0 Å². The maximum atomic E-state index is 13.0. The van der Waals surface area contributed by atoms with E-state index in [2.05, 4.69) is 4.72 Å². The lowest BCUT2D eigenvalue weighted by Gasteiger charge is -2.37. The molecule has 0 aliphatic carbocycles. The number of hydrogen-bond donors (Lipinski definition) is 2. The molecule has 0 spiro atoms. The summed E-state index contributed by atoms with van der Waals surface area (Å²) < 4.78 is 28.6. The summed E-state index contributed by atoms with van der Waals surface area (Å²) in [5.41, 5.74) is 4.63. The topological polar surface area (TPSA) is 86.7 Å². The normalized spacial score (nSPS) is 24.6. The highest BCUT2D eigenvalue weighted by molar-refractivity contribution is 7.89. The lowest BCUT2D eigenvalue weighted by Crippen LogP contribution is -2.48. The van der Waals surface area contributed by atoms with E-state index in [1.807, 2.05) is 39.5 Å². The predicted molar refractivity (Wildman–Crippen MR) is 109 cm³/mol. The van der Waals surface area contributed by atoms with E-state index in [9.17, 15) is 18.3 Å². The molecule has 2 heterocycles. The van der Waals surface area contributed by atoms with Crippen LogP contribution in [0.15, 0.2) is 4.90 Å². The van der Waals surface area contributed by atoms with Crippen molar-refractivity contribution in [2.24, 2.45) is 0 Å². The van der Waals surface area contributed by atoms with E-state index in [-0.39, 0.29) is 37.1 Å². The molecule has 1 aromatic rings. The van der Waals surface area contributed by atoms with Gasteiger partial charge >= 0.3 is 0 Å². The van der Waals surface area contributed by atoms with Crippen LogP contribution in [0.25, 0.3) is 0 Å². The third-order valence-corrected chi connectivity index (χ3v) is 8.56. The van der Waals surface area contributed by atoms with Gasteiger partial charge in [-0.2, -0.15) is 0 Å². The molecular weight excluding hydrogens is 376 g/mol. The van der Waals surface area contributed by atoms with Crippen molar-refractivity contribution in [2.75, 3.05) is 6.54 Å². The Bertz CT molecular complexity index is 851. The maximum absolute atomic E-state index is 13.0. The van der Waals surface area contributed by atoms with Gasteiger partial charge in [-0.25, -0.2) is 13.1 Å². The van der Waals surface area contributed by atoms with Gasteiger partial charge in [0.1, 0.15) is 0 Å². The van der Waals surface area contributed by atoms with E-state index in [1.165, 1.54) is 0 Å². The molecule has 0 radical (unpaired) electrons. The van der Waals surface area contributed by atoms with Gasteiger partial charge in [0, 0.05) is 25.0 Å². The molecular formula is C21H32N2O4S. The number of carbonyl (C=O) groups excluding carboxylic acids is 1. The number of rotatable bonds is 5. The summed E-state index contributed by atoms with van der Waals surface area (Å²) >= 11 is 0. The number of sulfonamides is 1. The molecule has 7 heteroatoms. The molecule has 2 bridgehead atoms. The lowest BCUT2D eigenvalue weighted by molar-refractivity contribution is -0.137. The molecule has 2 fully saturated rings. The van der Waals surface area contributed by atoms with Crippen LogP contribution in [0.4, 0.5) is 0 Å². The van der Waals surface area contributed by atoms with Crippen LogP contribution in [-0.4, -0.2) is 49.1 Å². The van der Waals surface area contributed by atoms with Crippen molar-refractivity contribution >= 4 is 15.9 Å². The first-order chi connectivity index (χ1) is 13.0. The van der Waals surface area contributed by atoms with Crippen molar-refractivity contribution in [2.45, 2.75) is 89.8 Å². The zero-order chi connectivity index (χ0) is 20.8. The second kappa shape index (κ2) is 7.76. The van der Waals surface area contributed by atoms with Gasteiger partial charge in [0.2, 0.25) is 15.9 Å². The molecule has 0 saturated carbocycles. The number of benzene rings is 1. The molecule has 2 atom stereocenters. The van der Waals surface area contributed by atoms with Gasteiger partial charge < -0.3 is 10.0 Å². The van der Waals surface area contributed by atoms with E-state index < -0.39 is 10.0 Å². The Hall–Kier alpha value is -1.44. The maximum Gasteiger partial charge on any atom is 0.241 e. The Balaban J connectivity index is 1.69. The third kappa shape index (κ3) is 3.72. The van der Waals surface area contributed by atoms with Crippen LogP contribution in [0.1, 0.15) is 59.9 Å². The van der Waals surface area contributed by atoms with Crippen LogP contribution in [0.2, 0.25) is 0 Å². The fourth-order valence-electron chi connectivity index (χ4n) is 4.92. The average molecular weight is 409 g/mol. The Morgan fingerprint density at radius 2 is 1.43 bits per heavy atom. The van der Waals surface area contributed by atoms with Crippen LogP contribution in [-0.2, 0) is 14.8 Å². The fourth-order valence-corrected chi connectivity index (χ4v) is 6.55. The first-order valence-corrected chi connectivity index (χ1v) is 11.6. The molecule has 0 unspecified atom stereocenters. The summed E-state index contributed by atoms with van der Waals surface area (Å²) in [5, 5.41) is 9.88. The molecule has 28 heavy (non-hydrogen) atoms. The molecule has 156 valence electrons. The third-order valence-electron chi connectivity index (χ3n) is 6.83. The monoisotopic (exact) mass is 408 g/mol. The summed E-state index contributed by atoms with van der Waals surface area (Å²) in [6.07, 6.45) is 2.95. The predicted octanol–water partition coefficient (Wildman–Crippen LogP) is 2.41. The number of aliphatic hydroxyl groups excluding tert-OH is 1. The second-order valence-electron chi connectivity index (χ2n) is 8.41. The molecule has 6 nitrogen and oxygen atoms in total. The van der Waals surface area contributed by atoms with Crippen molar-refractivity contribution < 1.29 is 18.3 Å². The summed E-state index contributed by atoms with van der Waals surface area (Å²) in [7, 11) is -3.69. The first kappa shape index (κ1) is 21.3. The Morgan fingerprint density at radius 3 is 1.93 bits per heavy atom. The number of amides is 1. The van der Waals surface area contributed by atoms with Gasteiger partial charge in [-0.3, -0.25) is 4.79 Å². The number of aliphatic hydroxyl groups is 1. The van der Waals surface area contributed by atoms with E-state index in [0.717, 1.165) is 40.7 Å². The van der Waals surface area contributed by atoms with Crippen LogP contribution in [0, 0.1) is 34.6 Å². The lowest BCUT2D eigenvalue weighted by atomic mass is 9.95. The average Bonchev–Trinajstić information content (AvgIpc) is 2.89. The molecule has 1 amide bonds. The molecule has 2 aliphatic heterocycles. The summed E-state index contributed by atoms with van der Waals surface area (Å²) in [5.74, 6) is -0.0215. The number of fused-ring (bicyclic) bond motifs is 2. The summed E-state index contributed by atoms with van der Waals surface area (Å²) in [6, 6.07) is 0.203. The SMILES string of the molecule is Cc1c(C)c(C)c(S(=O)(=O)NCCC(=O)N2[C@H]3CC[C@H]2CC(O)C3)c(C)c1C. The quantitative estimate of drug-likeness (QED) is 0.783. The van der Waals surface area contributed by atoms with Gasteiger partial charge in [-0.15, -0.1) is 0 Å². The zero-order valence-electron chi connectivity index (χ0n) is 17.5. The van der Waals surface area contributed by atoms with Crippen molar-refractivity contribution in [3.63, 3.8) is 0 Å². The highest BCUT2D eigenvalue weighted by Gasteiger charge is 2.42. The van der Waals surface area contributed by atoms with E-state index in [0.29, 0.717) is 17.7 Å². The van der Waals surface area contributed by atoms with Gasteiger partial charge in [0.25, 0.3) is 0 Å². The van der Waals surface area contributed by atoms with E-state index in [4.69, 9.17) is 0 Å². The van der Waals surface area contributed by atoms with E-state index in [1.54, 1.807) is 0 Å². The fraction of sp³-hybridized carbons (Fsp3) is 0.667. The Morgan fingerprint density at radius 1 is 0.964 bits per heavy atom. The molecule has 2 saturated heterocycles. The number of nitrogens with zero attached hydrogens (tertiary/aromatic N) is 1. The number of nitrogens with one attached hydrogen (secondary N) is 1. The smallest absolute Gasteiger partial charge is 0.241 e. The summed E-state index contributed by atoms with van der Waals surface area (Å²) in [4.78, 5) is 14.9. The minimum absolute atomic E-state index is 0.0215. The van der Waals surface area contributed by atoms with Crippen molar-refractivity contribution in [1.82, 2.24) is 9.62 Å². The summed E-state index contributed by atoms with van der Waals surface area (Å²) in [6.45, 7) is 9.67. The minimum Gasteiger partial charge on any atom is -0.393 e. The molecule has 0 aromatic heterocycles. The standard InChI is InChI=1S/C21H32N2O4S/c1-12-13(2)15(4)21(16(5)14(12)3)28(26,27)22-9-8-20(25)23-17-6-7-18(23)11-19(24)10-17/h17-19,22,24H,6-11H2,1-5H3/t17-,18-/m0/s1. The van der Waals surface area contributed by atoms with Gasteiger partial charge in [0.05, 0.1) is 11.0 Å². The van der Waals surface area contributed by atoms with Crippen molar-refractivity contribution in [3.8, 4) is 0 Å². The second-order valence-corrected chi connectivity index (χ2v) is 10.1. The molecule has 2 aliphatic rings. The highest BCUT2D eigenvalue weighted by Crippen LogP contribution is 2.36. The van der Waals surface area contributed by atoms with E-state index >= 15 is 0 Å². The number of hydrogen-bond acceptors (Lipinski definition) is 4. The molecule has 1 aromatic carbocycles. The van der Waals surface area contributed by atoms with Crippen LogP contribution >= 0.6 is 0 Å². The van der Waals surface area contributed by atoms with Crippen LogP contribution in [0.5, 0.6) is 0 Å². The van der Waals surface area contributed by atoms with Gasteiger partial charge in [-0.05, 0) is 88.1 Å². The number of carbonyl (C=O) groups is 1. The number of piperidine rings is 1.